The molecule has 8 heteroatoms. The standard InChI is InChI=1S/C10H24O3Si.C7H18O3Si/c1-5-9-10-14(11-6-2,12-7-3)13-8-4;1-5-6-7-11(8-2,9-3)10-4/h5-10H2,1-4H3;5-7H2,1-4H3. The summed E-state index contributed by atoms with van der Waals surface area (Å²) in [6.45, 7) is 12.3. The largest absolute Gasteiger partial charge is 0.500 e. The molecule has 0 aliphatic rings. The monoisotopic (exact) mass is 398 g/mol. The second-order valence-electron chi connectivity index (χ2n) is 5.48. The van der Waals surface area contributed by atoms with E-state index in [1.54, 1.807) is 21.3 Å². The van der Waals surface area contributed by atoms with E-state index in [1.807, 2.05) is 20.8 Å². The second-order valence-corrected chi connectivity index (χ2v) is 11.3. The van der Waals surface area contributed by atoms with Gasteiger partial charge in [-0.05, 0) is 33.6 Å². The first-order valence-corrected chi connectivity index (χ1v) is 13.4. The van der Waals surface area contributed by atoms with E-state index in [4.69, 9.17) is 26.6 Å². The molecule has 0 heterocycles. The maximum absolute atomic E-state index is 5.71. The first-order chi connectivity index (χ1) is 12.0. The molecule has 25 heavy (non-hydrogen) atoms. The predicted octanol–water partition coefficient (Wildman–Crippen LogP) is 4.50. The van der Waals surface area contributed by atoms with Crippen molar-refractivity contribution < 1.29 is 26.6 Å². The van der Waals surface area contributed by atoms with Crippen LogP contribution in [0.2, 0.25) is 12.1 Å². The summed E-state index contributed by atoms with van der Waals surface area (Å²) >= 11 is 0. The third kappa shape index (κ3) is 12.2. The highest BCUT2D eigenvalue weighted by Gasteiger charge is 2.39. The highest BCUT2D eigenvalue weighted by molar-refractivity contribution is 6.61. The van der Waals surface area contributed by atoms with Crippen molar-refractivity contribution in [1.29, 1.82) is 0 Å². The molecule has 0 atom stereocenters. The fraction of sp³-hybridized carbons (Fsp3) is 1.00. The van der Waals surface area contributed by atoms with E-state index in [0.717, 1.165) is 37.8 Å². The lowest BCUT2D eigenvalue weighted by Gasteiger charge is -2.28. The van der Waals surface area contributed by atoms with Crippen LogP contribution in [0, 0.1) is 0 Å². The van der Waals surface area contributed by atoms with Crippen molar-refractivity contribution in [2.24, 2.45) is 0 Å². The smallest absolute Gasteiger partial charge is 0.377 e. The zero-order chi connectivity index (χ0) is 19.6. The van der Waals surface area contributed by atoms with Crippen LogP contribution in [0.15, 0.2) is 0 Å². The molecule has 0 aromatic heterocycles. The maximum Gasteiger partial charge on any atom is 0.500 e. The Hall–Kier alpha value is 0.194. The molecule has 0 aliphatic carbocycles. The van der Waals surface area contributed by atoms with Crippen molar-refractivity contribution in [3.8, 4) is 0 Å². The van der Waals surface area contributed by atoms with Crippen LogP contribution >= 0.6 is 0 Å². The molecule has 0 unspecified atom stereocenters. The van der Waals surface area contributed by atoms with Gasteiger partial charge in [-0.3, -0.25) is 0 Å². The molecule has 0 saturated carbocycles. The minimum absolute atomic E-state index is 0.677. The number of unbranched alkanes of at least 4 members (excludes halogenated alkanes) is 2. The summed E-state index contributed by atoms with van der Waals surface area (Å²) in [6.07, 6.45) is 4.51. The molecule has 0 aromatic carbocycles. The van der Waals surface area contributed by atoms with Crippen LogP contribution in [0.4, 0.5) is 0 Å². The fourth-order valence-electron chi connectivity index (χ4n) is 2.34. The summed E-state index contributed by atoms with van der Waals surface area (Å²) < 4.78 is 32.8. The van der Waals surface area contributed by atoms with Gasteiger partial charge in [0.05, 0.1) is 0 Å². The number of hydrogen-bond acceptors (Lipinski definition) is 6. The Bertz CT molecular complexity index is 253. The van der Waals surface area contributed by atoms with Gasteiger partial charge in [-0.25, -0.2) is 0 Å². The van der Waals surface area contributed by atoms with Crippen LogP contribution in [0.3, 0.4) is 0 Å². The number of hydrogen-bond donors (Lipinski definition) is 0. The maximum atomic E-state index is 5.71. The third-order valence-corrected chi connectivity index (χ3v) is 9.68. The van der Waals surface area contributed by atoms with Crippen LogP contribution in [0.25, 0.3) is 0 Å². The summed E-state index contributed by atoms with van der Waals surface area (Å²) in [4.78, 5) is 0. The van der Waals surface area contributed by atoms with Gasteiger partial charge in [0.15, 0.2) is 0 Å². The zero-order valence-corrected chi connectivity index (χ0v) is 19.8. The van der Waals surface area contributed by atoms with Crippen molar-refractivity contribution >= 4 is 17.6 Å². The van der Waals surface area contributed by atoms with Crippen molar-refractivity contribution in [1.82, 2.24) is 0 Å². The van der Waals surface area contributed by atoms with Crippen LogP contribution in [-0.2, 0) is 26.6 Å². The molecule has 0 amide bonds. The molecule has 0 N–H and O–H groups in total. The van der Waals surface area contributed by atoms with E-state index in [2.05, 4.69) is 13.8 Å². The summed E-state index contributed by atoms with van der Waals surface area (Å²) in [5, 5.41) is 0. The quantitative estimate of drug-likeness (QED) is 0.379. The van der Waals surface area contributed by atoms with E-state index in [1.165, 1.54) is 0 Å². The number of rotatable bonds is 15. The van der Waals surface area contributed by atoms with Crippen molar-refractivity contribution in [3.63, 3.8) is 0 Å². The SMILES string of the molecule is CCCC[Si](OC)(OC)OC.CCCC[Si](OCC)(OCC)OCC. The molecular weight excluding hydrogens is 356 g/mol. The van der Waals surface area contributed by atoms with E-state index < -0.39 is 17.6 Å². The van der Waals surface area contributed by atoms with Gasteiger partial charge in [0.2, 0.25) is 0 Å². The van der Waals surface area contributed by atoms with E-state index in [9.17, 15) is 0 Å². The van der Waals surface area contributed by atoms with Gasteiger partial charge in [0, 0.05) is 53.2 Å². The molecule has 0 fully saturated rings. The molecular formula is C17H42O6Si2. The molecule has 0 aromatic rings. The van der Waals surface area contributed by atoms with Gasteiger partial charge in [-0.15, -0.1) is 0 Å². The van der Waals surface area contributed by atoms with Gasteiger partial charge >= 0.3 is 17.6 Å². The third-order valence-electron chi connectivity index (χ3n) is 3.70. The molecule has 0 radical (unpaired) electrons. The summed E-state index contributed by atoms with van der Waals surface area (Å²) in [5.41, 5.74) is 0. The Morgan fingerprint density at radius 3 is 1.08 bits per heavy atom. The van der Waals surface area contributed by atoms with Gasteiger partial charge in [0.25, 0.3) is 0 Å². The van der Waals surface area contributed by atoms with Gasteiger partial charge < -0.3 is 26.6 Å². The Morgan fingerprint density at radius 1 is 0.520 bits per heavy atom. The van der Waals surface area contributed by atoms with Gasteiger partial charge in [0.1, 0.15) is 0 Å². The Kier molecular flexibility index (Phi) is 19.3. The average Bonchev–Trinajstić information content (AvgIpc) is 2.63. The fourth-order valence-corrected chi connectivity index (χ4v) is 7.03. The first kappa shape index (κ1) is 27.4. The summed E-state index contributed by atoms with van der Waals surface area (Å²) in [7, 11) is 0.388. The molecule has 0 aliphatic heterocycles. The van der Waals surface area contributed by atoms with E-state index in [-0.39, 0.29) is 0 Å². The van der Waals surface area contributed by atoms with Gasteiger partial charge in [-0.1, -0.05) is 26.7 Å². The van der Waals surface area contributed by atoms with Gasteiger partial charge in [-0.2, -0.15) is 0 Å². The molecule has 0 spiro atoms. The van der Waals surface area contributed by atoms with Crippen molar-refractivity contribution in [3.05, 3.63) is 0 Å². The molecule has 6 nitrogen and oxygen atoms in total. The van der Waals surface area contributed by atoms with Crippen LogP contribution in [0.5, 0.6) is 0 Å². The van der Waals surface area contributed by atoms with Crippen LogP contribution < -0.4 is 0 Å². The lowest BCUT2D eigenvalue weighted by atomic mass is 10.4. The molecule has 0 bridgehead atoms. The minimum atomic E-state index is -2.32. The first-order valence-electron chi connectivity index (χ1n) is 9.56. The molecule has 0 saturated heterocycles. The highest BCUT2D eigenvalue weighted by Crippen LogP contribution is 2.19. The Labute approximate surface area is 158 Å². The van der Waals surface area contributed by atoms with Crippen LogP contribution in [0.1, 0.15) is 60.3 Å². The topological polar surface area (TPSA) is 55.4 Å². The lowest BCUT2D eigenvalue weighted by Crippen LogP contribution is -2.45. The lowest BCUT2D eigenvalue weighted by molar-refractivity contribution is 0.0707. The normalized spacial score (nSPS) is 12.0. The van der Waals surface area contributed by atoms with E-state index >= 15 is 0 Å². The molecule has 0 rings (SSSR count). The minimum Gasteiger partial charge on any atom is -0.377 e. The Balaban J connectivity index is 0. The molecule has 154 valence electrons. The van der Waals surface area contributed by atoms with Crippen LogP contribution in [-0.4, -0.2) is 58.8 Å². The van der Waals surface area contributed by atoms with Crippen molar-refractivity contribution in [2.75, 3.05) is 41.2 Å². The second kappa shape index (κ2) is 17.6. The zero-order valence-electron chi connectivity index (χ0n) is 17.8. The highest BCUT2D eigenvalue weighted by atomic mass is 28.4. The van der Waals surface area contributed by atoms with Crippen molar-refractivity contribution in [2.45, 2.75) is 72.4 Å². The average molecular weight is 399 g/mol. The van der Waals surface area contributed by atoms with E-state index in [0.29, 0.717) is 19.8 Å². The Morgan fingerprint density at radius 2 is 0.840 bits per heavy atom. The predicted molar refractivity (Wildman–Crippen MR) is 107 cm³/mol. The summed E-state index contributed by atoms with van der Waals surface area (Å²) in [6, 6.07) is 1.85. The summed E-state index contributed by atoms with van der Waals surface area (Å²) in [5.74, 6) is 0.